The Morgan fingerprint density at radius 3 is 2.83 bits per heavy atom. The zero-order valence-electron chi connectivity index (χ0n) is 15.6. The number of rotatable bonds is 5. The van der Waals surface area contributed by atoms with Gasteiger partial charge in [0.05, 0.1) is 22.3 Å². The summed E-state index contributed by atoms with van der Waals surface area (Å²) in [6, 6.07) is 12.9. The Hall–Kier alpha value is -2.64. The molecule has 1 saturated carbocycles. The molecule has 29 heavy (non-hydrogen) atoms. The lowest BCUT2D eigenvalue weighted by Crippen LogP contribution is -2.22. The molecule has 0 saturated heterocycles. The second kappa shape index (κ2) is 7.31. The average molecular weight is 425 g/mol. The van der Waals surface area contributed by atoms with E-state index in [2.05, 4.69) is 10.1 Å². The lowest BCUT2D eigenvalue weighted by atomic mass is 10.2. The number of para-hydroxylation sites is 1. The van der Waals surface area contributed by atoms with E-state index in [4.69, 9.17) is 21.1 Å². The maximum atomic E-state index is 13.3. The molecule has 1 fully saturated rings. The van der Waals surface area contributed by atoms with Crippen molar-refractivity contribution < 1.29 is 4.52 Å². The third-order valence-corrected chi connectivity index (χ3v) is 6.31. The quantitative estimate of drug-likeness (QED) is 0.335. The Balaban J connectivity index is 1.60. The summed E-state index contributed by atoms with van der Waals surface area (Å²) in [6.45, 7) is 1.90. The summed E-state index contributed by atoms with van der Waals surface area (Å²) < 4.78 is 6.96. The van der Waals surface area contributed by atoms with Gasteiger partial charge in [0.2, 0.25) is 5.89 Å². The fourth-order valence-electron chi connectivity index (χ4n) is 3.21. The van der Waals surface area contributed by atoms with Crippen molar-refractivity contribution in [2.75, 3.05) is 0 Å². The summed E-state index contributed by atoms with van der Waals surface area (Å²) in [5.41, 5.74) is 2.07. The number of thioether (sulfide) groups is 1. The van der Waals surface area contributed by atoms with Gasteiger partial charge >= 0.3 is 0 Å². The summed E-state index contributed by atoms with van der Waals surface area (Å²) in [6.07, 6.45) is 2.21. The van der Waals surface area contributed by atoms with Gasteiger partial charge in [-0.2, -0.15) is 4.98 Å². The highest BCUT2D eigenvalue weighted by molar-refractivity contribution is 7.98. The van der Waals surface area contributed by atoms with Crippen molar-refractivity contribution in [3.8, 4) is 5.69 Å². The summed E-state index contributed by atoms with van der Waals surface area (Å²) in [5.74, 6) is 2.18. The largest absolute Gasteiger partial charge is 0.339 e. The first kappa shape index (κ1) is 18.4. The van der Waals surface area contributed by atoms with Crippen molar-refractivity contribution in [3.05, 3.63) is 75.1 Å². The Labute approximate surface area is 175 Å². The first-order valence-electron chi connectivity index (χ1n) is 9.34. The predicted molar refractivity (Wildman–Crippen MR) is 113 cm³/mol. The van der Waals surface area contributed by atoms with Crippen LogP contribution in [0.1, 0.15) is 36.0 Å². The minimum Gasteiger partial charge on any atom is -0.339 e. The number of nitrogens with zero attached hydrogens (tertiary/aromatic N) is 4. The number of benzene rings is 2. The van der Waals surface area contributed by atoms with Crippen LogP contribution in [-0.4, -0.2) is 19.7 Å². The molecule has 0 atom stereocenters. The van der Waals surface area contributed by atoms with Crippen LogP contribution in [0.15, 0.2) is 56.9 Å². The molecule has 0 aliphatic heterocycles. The van der Waals surface area contributed by atoms with Crippen LogP contribution in [-0.2, 0) is 5.75 Å². The highest BCUT2D eigenvalue weighted by Crippen LogP contribution is 2.39. The second-order valence-corrected chi connectivity index (χ2v) is 8.40. The Bertz CT molecular complexity index is 1280. The minimum absolute atomic E-state index is 0.129. The van der Waals surface area contributed by atoms with E-state index in [1.165, 1.54) is 11.8 Å². The maximum absolute atomic E-state index is 13.3. The smallest absolute Gasteiger partial charge is 0.266 e. The summed E-state index contributed by atoms with van der Waals surface area (Å²) in [5, 5.41) is 5.80. The van der Waals surface area contributed by atoms with E-state index in [1.54, 1.807) is 10.6 Å². The fraction of sp³-hybridized carbons (Fsp3) is 0.238. The van der Waals surface area contributed by atoms with Crippen molar-refractivity contribution in [3.63, 3.8) is 0 Å². The summed E-state index contributed by atoms with van der Waals surface area (Å²) in [4.78, 5) is 22.6. The minimum atomic E-state index is -0.129. The lowest BCUT2D eigenvalue weighted by molar-refractivity contribution is 0.375. The standard InChI is InChI=1S/C21H17ClN4O2S/c1-12-15(22)6-4-8-17(12)26-20(27)14-5-2-3-7-16(14)23-21(26)29-11-18-24-19(28-25-18)13-9-10-13/h2-8,13H,9-11H2,1H3. The molecule has 6 nitrogen and oxygen atoms in total. The monoisotopic (exact) mass is 424 g/mol. The first-order chi connectivity index (χ1) is 14.1. The molecule has 1 aliphatic rings. The molecule has 4 aromatic rings. The van der Waals surface area contributed by atoms with Gasteiger partial charge in [-0.25, -0.2) is 4.98 Å². The van der Waals surface area contributed by atoms with Gasteiger partial charge in [-0.3, -0.25) is 9.36 Å². The van der Waals surface area contributed by atoms with Crippen molar-refractivity contribution in [2.45, 2.75) is 36.6 Å². The van der Waals surface area contributed by atoms with Crippen LogP contribution in [0, 0.1) is 6.92 Å². The van der Waals surface area contributed by atoms with E-state index < -0.39 is 0 Å². The number of hydrogen-bond donors (Lipinski definition) is 0. The molecule has 2 aromatic heterocycles. The Morgan fingerprint density at radius 2 is 2.00 bits per heavy atom. The molecule has 2 heterocycles. The summed E-state index contributed by atoms with van der Waals surface area (Å²) >= 11 is 7.73. The highest BCUT2D eigenvalue weighted by Gasteiger charge is 2.29. The van der Waals surface area contributed by atoms with E-state index in [9.17, 15) is 4.79 Å². The van der Waals surface area contributed by atoms with Gasteiger partial charge < -0.3 is 4.52 Å². The molecular weight excluding hydrogens is 408 g/mol. The van der Waals surface area contributed by atoms with Gasteiger partial charge in [-0.15, -0.1) is 0 Å². The van der Waals surface area contributed by atoms with Crippen molar-refractivity contribution in [1.29, 1.82) is 0 Å². The molecule has 0 unspecified atom stereocenters. The molecule has 1 aliphatic carbocycles. The molecule has 0 spiro atoms. The predicted octanol–water partition coefficient (Wildman–Crippen LogP) is 4.90. The van der Waals surface area contributed by atoms with Crippen LogP contribution < -0.4 is 5.56 Å². The fourth-order valence-corrected chi connectivity index (χ4v) is 4.23. The number of halogens is 1. The van der Waals surface area contributed by atoms with Gasteiger partial charge in [0.15, 0.2) is 11.0 Å². The van der Waals surface area contributed by atoms with Gasteiger partial charge in [0, 0.05) is 10.9 Å². The molecule has 5 rings (SSSR count). The molecular formula is C21H17ClN4O2S. The van der Waals surface area contributed by atoms with E-state index in [1.807, 2.05) is 43.3 Å². The van der Waals surface area contributed by atoms with E-state index in [0.29, 0.717) is 44.5 Å². The summed E-state index contributed by atoms with van der Waals surface area (Å²) in [7, 11) is 0. The van der Waals surface area contributed by atoms with Gasteiger partial charge in [-0.1, -0.05) is 46.7 Å². The van der Waals surface area contributed by atoms with Crippen molar-refractivity contribution >= 4 is 34.3 Å². The molecule has 0 N–H and O–H groups in total. The topological polar surface area (TPSA) is 73.8 Å². The number of hydrogen-bond acceptors (Lipinski definition) is 6. The van der Waals surface area contributed by atoms with Crippen LogP contribution in [0.5, 0.6) is 0 Å². The third-order valence-electron chi connectivity index (χ3n) is 4.97. The Kier molecular flexibility index (Phi) is 4.64. The zero-order chi connectivity index (χ0) is 20.0. The molecule has 0 bridgehead atoms. The lowest BCUT2D eigenvalue weighted by Gasteiger charge is -2.15. The molecule has 0 radical (unpaired) electrons. The van der Waals surface area contributed by atoms with Gasteiger partial charge in [-0.05, 0) is 49.6 Å². The van der Waals surface area contributed by atoms with Crippen LogP contribution in [0.4, 0.5) is 0 Å². The number of fused-ring (bicyclic) bond motifs is 1. The molecule has 0 amide bonds. The van der Waals surface area contributed by atoms with E-state index in [-0.39, 0.29) is 5.56 Å². The normalized spacial score (nSPS) is 13.9. The van der Waals surface area contributed by atoms with Crippen LogP contribution in [0.3, 0.4) is 0 Å². The third kappa shape index (κ3) is 3.45. The van der Waals surface area contributed by atoms with Gasteiger partial charge in [0.1, 0.15) is 0 Å². The van der Waals surface area contributed by atoms with Crippen LogP contribution in [0.2, 0.25) is 5.02 Å². The molecule has 146 valence electrons. The van der Waals surface area contributed by atoms with Crippen LogP contribution in [0.25, 0.3) is 16.6 Å². The molecule has 8 heteroatoms. The SMILES string of the molecule is Cc1c(Cl)cccc1-n1c(SCc2noc(C3CC3)n2)nc2ccccc2c1=O. The second-order valence-electron chi connectivity index (χ2n) is 7.05. The maximum Gasteiger partial charge on any atom is 0.266 e. The average Bonchev–Trinajstić information content (AvgIpc) is 3.47. The first-order valence-corrected chi connectivity index (χ1v) is 10.7. The van der Waals surface area contributed by atoms with Crippen molar-refractivity contribution in [2.24, 2.45) is 0 Å². The van der Waals surface area contributed by atoms with Gasteiger partial charge in [0.25, 0.3) is 5.56 Å². The highest BCUT2D eigenvalue weighted by atomic mass is 35.5. The van der Waals surface area contributed by atoms with E-state index >= 15 is 0 Å². The van der Waals surface area contributed by atoms with E-state index in [0.717, 1.165) is 24.1 Å². The zero-order valence-corrected chi connectivity index (χ0v) is 17.2. The Morgan fingerprint density at radius 1 is 1.17 bits per heavy atom. The number of aromatic nitrogens is 4. The van der Waals surface area contributed by atoms with Crippen molar-refractivity contribution in [1.82, 2.24) is 19.7 Å². The van der Waals surface area contributed by atoms with Crippen LogP contribution >= 0.6 is 23.4 Å². The molecule has 2 aromatic carbocycles.